The molecule has 0 spiro atoms. The Morgan fingerprint density at radius 1 is 1.22 bits per heavy atom. The van der Waals surface area contributed by atoms with E-state index in [9.17, 15) is 4.79 Å². The maximum Gasteiger partial charge on any atom is 0.246 e. The van der Waals surface area contributed by atoms with Crippen LogP contribution < -0.4 is 5.48 Å². The standard InChI is InChI=1S/C15H29NO2/c1-11(2)10-18-16-14(17)12-6-8-13(9-7-12)15(3,4)5/h11-13H,6-10H2,1-5H3,(H,16,17). The summed E-state index contributed by atoms with van der Waals surface area (Å²) in [5.74, 6) is 1.42. The van der Waals surface area contributed by atoms with Gasteiger partial charge in [0.2, 0.25) is 5.91 Å². The van der Waals surface area contributed by atoms with E-state index in [2.05, 4.69) is 40.1 Å². The molecule has 0 unspecified atom stereocenters. The van der Waals surface area contributed by atoms with Crippen molar-refractivity contribution in [3.63, 3.8) is 0 Å². The Labute approximate surface area is 112 Å². The van der Waals surface area contributed by atoms with E-state index in [0.717, 1.165) is 31.6 Å². The van der Waals surface area contributed by atoms with Crippen LogP contribution in [0.25, 0.3) is 0 Å². The van der Waals surface area contributed by atoms with Crippen LogP contribution in [0.2, 0.25) is 0 Å². The Morgan fingerprint density at radius 2 is 1.78 bits per heavy atom. The molecule has 0 bridgehead atoms. The second-order valence-corrected chi connectivity index (χ2v) is 7.09. The molecular weight excluding hydrogens is 226 g/mol. The van der Waals surface area contributed by atoms with Crippen molar-refractivity contribution in [3.8, 4) is 0 Å². The molecule has 0 aliphatic heterocycles. The molecule has 1 fully saturated rings. The van der Waals surface area contributed by atoms with E-state index < -0.39 is 0 Å². The fraction of sp³-hybridized carbons (Fsp3) is 0.933. The summed E-state index contributed by atoms with van der Waals surface area (Å²) >= 11 is 0. The highest BCUT2D eigenvalue weighted by molar-refractivity contribution is 5.77. The van der Waals surface area contributed by atoms with Crippen LogP contribution in [0.1, 0.15) is 60.3 Å². The predicted octanol–water partition coefficient (Wildman–Crippen LogP) is 3.54. The summed E-state index contributed by atoms with van der Waals surface area (Å²) in [6, 6.07) is 0. The molecule has 3 nitrogen and oxygen atoms in total. The van der Waals surface area contributed by atoms with Crippen LogP contribution in [-0.2, 0) is 9.63 Å². The zero-order valence-corrected chi connectivity index (χ0v) is 12.6. The third kappa shape index (κ3) is 4.97. The number of amides is 1. The van der Waals surface area contributed by atoms with E-state index >= 15 is 0 Å². The average molecular weight is 255 g/mol. The molecule has 1 aliphatic carbocycles. The smallest absolute Gasteiger partial charge is 0.246 e. The third-order valence-electron chi connectivity index (χ3n) is 3.91. The van der Waals surface area contributed by atoms with Gasteiger partial charge in [-0.05, 0) is 42.9 Å². The van der Waals surface area contributed by atoms with Crippen LogP contribution in [0.5, 0.6) is 0 Å². The monoisotopic (exact) mass is 255 g/mol. The first-order chi connectivity index (χ1) is 8.30. The second kappa shape index (κ2) is 6.55. The van der Waals surface area contributed by atoms with Gasteiger partial charge < -0.3 is 0 Å². The van der Waals surface area contributed by atoms with Gasteiger partial charge in [0.05, 0.1) is 6.61 Å². The molecule has 0 heterocycles. The lowest BCUT2D eigenvalue weighted by molar-refractivity contribution is -0.140. The van der Waals surface area contributed by atoms with Crippen molar-refractivity contribution in [2.24, 2.45) is 23.2 Å². The summed E-state index contributed by atoms with van der Waals surface area (Å²) in [5.41, 5.74) is 2.97. The Kier molecular flexibility index (Phi) is 5.64. The Morgan fingerprint density at radius 3 is 2.22 bits per heavy atom. The SMILES string of the molecule is CC(C)CONC(=O)C1CCC(C(C)(C)C)CC1. The number of hydroxylamine groups is 1. The molecule has 0 aromatic rings. The van der Waals surface area contributed by atoms with Crippen LogP contribution in [0, 0.1) is 23.2 Å². The van der Waals surface area contributed by atoms with Crippen LogP contribution in [-0.4, -0.2) is 12.5 Å². The van der Waals surface area contributed by atoms with Crippen molar-refractivity contribution in [2.45, 2.75) is 60.3 Å². The first-order valence-electron chi connectivity index (χ1n) is 7.22. The highest BCUT2D eigenvalue weighted by Gasteiger charge is 2.32. The molecule has 18 heavy (non-hydrogen) atoms. The van der Waals surface area contributed by atoms with Gasteiger partial charge in [-0.15, -0.1) is 0 Å². The number of nitrogens with one attached hydrogen (secondary N) is 1. The number of carbonyl (C=O) groups is 1. The maximum atomic E-state index is 11.9. The highest BCUT2D eigenvalue weighted by atomic mass is 16.6. The van der Waals surface area contributed by atoms with E-state index in [0.29, 0.717) is 17.9 Å². The van der Waals surface area contributed by atoms with Gasteiger partial charge in [0.1, 0.15) is 0 Å². The van der Waals surface area contributed by atoms with E-state index in [4.69, 9.17) is 4.84 Å². The van der Waals surface area contributed by atoms with Gasteiger partial charge in [0, 0.05) is 5.92 Å². The van der Waals surface area contributed by atoms with Gasteiger partial charge in [-0.25, -0.2) is 5.48 Å². The summed E-state index contributed by atoms with van der Waals surface area (Å²) in [7, 11) is 0. The average Bonchev–Trinajstić information content (AvgIpc) is 2.27. The fourth-order valence-corrected chi connectivity index (χ4v) is 2.58. The molecule has 1 saturated carbocycles. The lowest BCUT2D eigenvalue weighted by Crippen LogP contribution is -2.35. The Hall–Kier alpha value is -0.570. The molecule has 1 rings (SSSR count). The second-order valence-electron chi connectivity index (χ2n) is 7.09. The number of carbonyl (C=O) groups excluding carboxylic acids is 1. The predicted molar refractivity (Wildman–Crippen MR) is 73.8 cm³/mol. The molecule has 1 aliphatic rings. The molecule has 0 atom stereocenters. The molecule has 0 aromatic heterocycles. The molecule has 3 heteroatoms. The van der Waals surface area contributed by atoms with Gasteiger partial charge in [0.15, 0.2) is 0 Å². The summed E-state index contributed by atoms with van der Waals surface area (Å²) in [5, 5.41) is 0. The highest BCUT2D eigenvalue weighted by Crippen LogP contribution is 2.39. The van der Waals surface area contributed by atoms with Crippen molar-refractivity contribution in [1.82, 2.24) is 5.48 Å². The van der Waals surface area contributed by atoms with Crippen molar-refractivity contribution < 1.29 is 9.63 Å². The molecule has 106 valence electrons. The first kappa shape index (κ1) is 15.5. The van der Waals surface area contributed by atoms with E-state index in [-0.39, 0.29) is 11.8 Å². The van der Waals surface area contributed by atoms with Crippen molar-refractivity contribution in [1.29, 1.82) is 0 Å². The quantitative estimate of drug-likeness (QED) is 0.780. The largest absolute Gasteiger partial charge is 0.273 e. The number of hydrogen-bond donors (Lipinski definition) is 1. The zero-order valence-electron chi connectivity index (χ0n) is 12.6. The van der Waals surface area contributed by atoms with Crippen LogP contribution in [0.15, 0.2) is 0 Å². The lowest BCUT2D eigenvalue weighted by Gasteiger charge is -2.36. The minimum absolute atomic E-state index is 0.0722. The molecule has 1 amide bonds. The van der Waals surface area contributed by atoms with Gasteiger partial charge in [0.25, 0.3) is 0 Å². The van der Waals surface area contributed by atoms with Crippen LogP contribution in [0.3, 0.4) is 0 Å². The zero-order chi connectivity index (χ0) is 13.8. The third-order valence-corrected chi connectivity index (χ3v) is 3.91. The summed E-state index contributed by atoms with van der Waals surface area (Å²) in [6.07, 6.45) is 4.31. The number of hydrogen-bond acceptors (Lipinski definition) is 2. The molecule has 0 aromatic carbocycles. The molecule has 0 radical (unpaired) electrons. The van der Waals surface area contributed by atoms with Gasteiger partial charge >= 0.3 is 0 Å². The summed E-state index contributed by atoms with van der Waals surface area (Å²) < 4.78 is 0. The van der Waals surface area contributed by atoms with Crippen molar-refractivity contribution >= 4 is 5.91 Å². The van der Waals surface area contributed by atoms with E-state index in [1.807, 2.05) is 0 Å². The van der Waals surface area contributed by atoms with Gasteiger partial charge in [-0.1, -0.05) is 34.6 Å². The van der Waals surface area contributed by atoms with Crippen molar-refractivity contribution in [3.05, 3.63) is 0 Å². The molecule has 0 saturated heterocycles. The maximum absolute atomic E-state index is 11.9. The minimum Gasteiger partial charge on any atom is -0.273 e. The van der Waals surface area contributed by atoms with Gasteiger partial charge in [-0.2, -0.15) is 0 Å². The fourth-order valence-electron chi connectivity index (χ4n) is 2.58. The van der Waals surface area contributed by atoms with Crippen molar-refractivity contribution in [2.75, 3.05) is 6.61 Å². The molecule has 1 N–H and O–H groups in total. The first-order valence-corrected chi connectivity index (χ1v) is 7.22. The van der Waals surface area contributed by atoms with Gasteiger partial charge in [-0.3, -0.25) is 9.63 Å². The molecular formula is C15H29NO2. The summed E-state index contributed by atoms with van der Waals surface area (Å²) in [4.78, 5) is 17.1. The summed E-state index contributed by atoms with van der Waals surface area (Å²) in [6.45, 7) is 11.6. The minimum atomic E-state index is 0.0722. The van der Waals surface area contributed by atoms with E-state index in [1.54, 1.807) is 0 Å². The Balaban J connectivity index is 2.28. The van der Waals surface area contributed by atoms with E-state index in [1.165, 1.54) is 0 Å². The topological polar surface area (TPSA) is 38.3 Å². The number of rotatable bonds is 4. The van der Waals surface area contributed by atoms with Crippen LogP contribution in [0.4, 0.5) is 0 Å². The Bertz CT molecular complexity index is 260. The lowest BCUT2D eigenvalue weighted by atomic mass is 9.70. The van der Waals surface area contributed by atoms with Crippen LogP contribution >= 0.6 is 0 Å². The normalized spacial score (nSPS) is 25.2.